The Morgan fingerprint density at radius 1 is 1.48 bits per heavy atom. The molecular formula is C16H22ClFN2O3. The summed E-state index contributed by atoms with van der Waals surface area (Å²) in [7, 11) is 0. The summed E-state index contributed by atoms with van der Waals surface area (Å²) in [5.74, 6) is -0.558. The van der Waals surface area contributed by atoms with Gasteiger partial charge in [0.25, 0.3) is 0 Å². The standard InChI is InChI=1S/C16H22ClFN2O3/c17-13-7-12(8-14(18)9-13)16(23,4-2-6-20-15(21)22)11-3-1-5-19-10-11/h7-9,11,19-20,23H,1-6,10H2,(H,21,22)/t11-,16+/m1/s1. The van der Waals surface area contributed by atoms with Crippen LogP contribution >= 0.6 is 11.6 Å². The van der Waals surface area contributed by atoms with Crippen molar-refractivity contribution in [3.05, 3.63) is 34.6 Å². The van der Waals surface area contributed by atoms with Gasteiger partial charge in [0.15, 0.2) is 0 Å². The molecule has 1 aliphatic rings. The highest BCUT2D eigenvalue weighted by Crippen LogP contribution is 2.39. The number of hydrogen-bond acceptors (Lipinski definition) is 3. The normalized spacial score (nSPS) is 20.7. The lowest BCUT2D eigenvalue weighted by Gasteiger charge is -2.39. The van der Waals surface area contributed by atoms with Gasteiger partial charge in [-0.3, -0.25) is 0 Å². The van der Waals surface area contributed by atoms with E-state index in [1.165, 1.54) is 12.1 Å². The number of benzene rings is 1. The number of carboxylic acid groups (broad SMARTS) is 1. The number of carbonyl (C=O) groups is 1. The van der Waals surface area contributed by atoms with Gasteiger partial charge in [-0.05, 0) is 56.0 Å². The zero-order chi connectivity index (χ0) is 16.9. The Bertz CT molecular complexity index is 532. The van der Waals surface area contributed by atoms with E-state index in [-0.39, 0.29) is 17.5 Å². The van der Waals surface area contributed by atoms with E-state index in [1.54, 1.807) is 6.07 Å². The molecule has 1 aromatic rings. The van der Waals surface area contributed by atoms with Gasteiger partial charge in [0, 0.05) is 24.0 Å². The minimum absolute atomic E-state index is 0.0704. The first-order valence-corrected chi connectivity index (χ1v) is 8.16. The maximum Gasteiger partial charge on any atom is 0.404 e. The van der Waals surface area contributed by atoms with Crippen LogP contribution in [0.4, 0.5) is 9.18 Å². The highest BCUT2D eigenvalue weighted by Gasteiger charge is 2.39. The second kappa shape index (κ2) is 7.95. The lowest BCUT2D eigenvalue weighted by atomic mass is 9.74. The van der Waals surface area contributed by atoms with Crippen LogP contribution in [-0.2, 0) is 5.60 Å². The Morgan fingerprint density at radius 3 is 2.87 bits per heavy atom. The van der Waals surface area contributed by atoms with Gasteiger partial charge in [0.1, 0.15) is 5.82 Å². The second-order valence-electron chi connectivity index (χ2n) is 5.96. The van der Waals surface area contributed by atoms with Crippen LogP contribution in [0.1, 0.15) is 31.2 Å². The van der Waals surface area contributed by atoms with Crippen LogP contribution in [0.25, 0.3) is 0 Å². The van der Waals surface area contributed by atoms with Crippen molar-refractivity contribution < 1.29 is 19.4 Å². The predicted molar refractivity (Wildman–Crippen MR) is 86.2 cm³/mol. The zero-order valence-corrected chi connectivity index (χ0v) is 13.6. The van der Waals surface area contributed by atoms with E-state index in [0.29, 0.717) is 24.9 Å². The molecule has 23 heavy (non-hydrogen) atoms. The molecule has 1 saturated heterocycles. The van der Waals surface area contributed by atoms with E-state index in [9.17, 15) is 14.3 Å². The predicted octanol–water partition coefficient (Wildman–Crippen LogP) is 2.71. The molecule has 7 heteroatoms. The third kappa shape index (κ3) is 4.80. The van der Waals surface area contributed by atoms with Crippen LogP contribution in [0.5, 0.6) is 0 Å². The van der Waals surface area contributed by atoms with E-state index < -0.39 is 17.5 Å². The molecule has 128 valence electrons. The van der Waals surface area contributed by atoms with E-state index in [1.807, 2.05) is 0 Å². The molecule has 5 nitrogen and oxygen atoms in total. The van der Waals surface area contributed by atoms with E-state index in [0.717, 1.165) is 19.4 Å². The van der Waals surface area contributed by atoms with E-state index in [2.05, 4.69) is 10.6 Å². The molecule has 1 aliphatic heterocycles. The molecule has 0 spiro atoms. The van der Waals surface area contributed by atoms with Crippen LogP contribution in [0, 0.1) is 11.7 Å². The molecular weight excluding hydrogens is 323 g/mol. The van der Waals surface area contributed by atoms with Crippen molar-refractivity contribution in [2.75, 3.05) is 19.6 Å². The number of piperidine rings is 1. The molecule has 0 unspecified atom stereocenters. The van der Waals surface area contributed by atoms with Crippen LogP contribution in [0.15, 0.2) is 18.2 Å². The van der Waals surface area contributed by atoms with Gasteiger partial charge in [-0.1, -0.05) is 11.6 Å². The van der Waals surface area contributed by atoms with E-state index >= 15 is 0 Å². The number of hydrogen-bond donors (Lipinski definition) is 4. The van der Waals surface area contributed by atoms with E-state index in [4.69, 9.17) is 16.7 Å². The molecule has 2 atom stereocenters. The van der Waals surface area contributed by atoms with Gasteiger partial charge in [0.05, 0.1) is 5.60 Å². The minimum atomic E-state index is -1.24. The second-order valence-corrected chi connectivity index (χ2v) is 6.40. The Balaban J connectivity index is 2.20. The quantitative estimate of drug-likeness (QED) is 0.598. The van der Waals surface area contributed by atoms with Gasteiger partial charge in [-0.2, -0.15) is 0 Å². The molecule has 2 rings (SSSR count). The Kier molecular flexibility index (Phi) is 6.21. The number of aliphatic hydroxyl groups is 1. The summed E-state index contributed by atoms with van der Waals surface area (Å²) in [4.78, 5) is 10.5. The molecule has 0 radical (unpaired) electrons. The fraction of sp³-hybridized carbons (Fsp3) is 0.562. The van der Waals surface area contributed by atoms with Gasteiger partial charge in [0.2, 0.25) is 0 Å². The number of nitrogens with one attached hydrogen (secondary N) is 2. The molecule has 0 bridgehead atoms. The number of amides is 1. The topological polar surface area (TPSA) is 81.6 Å². The average Bonchev–Trinajstić information content (AvgIpc) is 2.51. The first kappa shape index (κ1) is 18.0. The SMILES string of the molecule is O=C(O)NCCC[C@@](O)(c1cc(F)cc(Cl)c1)[C@@H]1CCCNC1. The minimum Gasteiger partial charge on any atom is -0.465 e. The summed E-state index contributed by atoms with van der Waals surface area (Å²) < 4.78 is 13.7. The molecule has 1 fully saturated rings. The van der Waals surface area contributed by atoms with Gasteiger partial charge >= 0.3 is 6.09 Å². The van der Waals surface area contributed by atoms with Crippen LogP contribution in [0.3, 0.4) is 0 Å². The van der Waals surface area contributed by atoms with Crippen molar-refractivity contribution >= 4 is 17.7 Å². The highest BCUT2D eigenvalue weighted by atomic mass is 35.5. The zero-order valence-electron chi connectivity index (χ0n) is 12.8. The highest BCUT2D eigenvalue weighted by molar-refractivity contribution is 6.30. The molecule has 4 N–H and O–H groups in total. The van der Waals surface area contributed by atoms with Crippen LogP contribution < -0.4 is 10.6 Å². The third-order valence-corrected chi connectivity index (χ3v) is 4.56. The van der Waals surface area contributed by atoms with Gasteiger partial charge in [-0.15, -0.1) is 0 Å². The van der Waals surface area contributed by atoms with Gasteiger partial charge < -0.3 is 20.8 Å². The average molecular weight is 345 g/mol. The molecule has 0 aliphatic carbocycles. The monoisotopic (exact) mass is 344 g/mol. The summed E-state index contributed by atoms with van der Waals surface area (Å²) in [5, 5.41) is 25.7. The van der Waals surface area contributed by atoms with Crippen molar-refractivity contribution in [2.24, 2.45) is 5.92 Å². The number of rotatable bonds is 6. The van der Waals surface area contributed by atoms with Crippen molar-refractivity contribution in [3.63, 3.8) is 0 Å². The Hall–Kier alpha value is -1.37. The third-order valence-electron chi connectivity index (χ3n) is 4.35. The first-order valence-electron chi connectivity index (χ1n) is 7.78. The number of halogens is 2. The lowest BCUT2D eigenvalue weighted by molar-refractivity contribution is -0.0422. The molecule has 1 aromatic carbocycles. The first-order chi connectivity index (χ1) is 10.9. The summed E-state index contributed by atoms with van der Waals surface area (Å²) in [6.07, 6.45) is 1.45. The molecule has 1 amide bonds. The maximum atomic E-state index is 13.7. The Morgan fingerprint density at radius 2 is 2.26 bits per heavy atom. The summed E-state index contributed by atoms with van der Waals surface area (Å²) in [6.45, 7) is 1.77. The van der Waals surface area contributed by atoms with Crippen LogP contribution in [0.2, 0.25) is 5.02 Å². The van der Waals surface area contributed by atoms with Crippen molar-refractivity contribution in [1.82, 2.24) is 10.6 Å². The Labute approximate surface area is 139 Å². The largest absolute Gasteiger partial charge is 0.465 e. The van der Waals surface area contributed by atoms with Gasteiger partial charge in [-0.25, -0.2) is 9.18 Å². The fourth-order valence-corrected chi connectivity index (χ4v) is 3.42. The molecule has 0 saturated carbocycles. The fourth-order valence-electron chi connectivity index (χ4n) is 3.20. The van der Waals surface area contributed by atoms with Crippen molar-refractivity contribution in [2.45, 2.75) is 31.3 Å². The summed E-state index contributed by atoms with van der Waals surface area (Å²) >= 11 is 5.94. The van der Waals surface area contributed by atoms with Crippen molar-refractivity contribution in [1.29, 1.82) is 0 Å². The molecule has 1 heterocycles. The lowest BCUT2D eigenvalue weighted by Crippen LogP contribution is -2.44. The summed E-state index contributed by atoms with van der Waals surface area (Å²) in [6, 6.07) is 4.10. The maximum absolute atomic E-state index is 13.7. The van der Waals surface area contributed by atoms with Crippen LogP contribution in [-0.4, -0.2) is 35.9 Å². The smallest absolute Gasteiger partial charge is 0.404 e. The molecule has 0 aromatic heterocycles. The van der Waals surface area contributed by atoms with Crippen molar-refractivity contribution in [3.8, 4) is 0 Å². The summed E-state index contributed by atoms with van der Waals surface area (Å²) in [5.41, 5.74) is -0.786.